The molecular formula is C27H29ClN4O5. The smallest absolute Gasteiger partial charge is 0.255 e. The van der Waals surface area contributed by atoms with Gasteiger partial charge < -0.3 is 34.6 Å². The van der Waals surface area contributed by atoms with Gasteiger partial charge in [-0.05, 0) is 37.5 Å². The molecule has 0 unspecified atom stereocenters. The Balaban J connectivity index is 1.42. The van der Waals surface area contributed by atoms with Gasteiger partial charge in [-0.15, -0.1) is 0 Å². The van der Waals surface area contributed by atoms with Crippen LogP contribution in [0.1, 0.15) is 35.3 Å². The number of rotatable bonds is 7. The molecule has 1 saturated heterocycles. The summed E-state index contributed by atoms with van der Waals surface area (Å²) in [5.74, 6) is 0.976. The second-order valence-corrected chi connectivity index (χ2v) is 10.1. The molecule has 1 amide bonds. The molecule has 194 valence electrons. The topological polar surface area (TPSA) is 107 Å². The van der Waals surface area contributed by atoms with Crippen LogP contribution in [0.5, 0.6) is 11.5 Å². The fraction of sp³-hybridized carbons (Fsp3) is 0.407. The van der Waals surface area contributed by atoms with Crippen molar-refractivity contribution >= 4 is 28.9 Å². The SMILES string of the molecule is COc1c(Cl)cccc1Nc1c(-c2ccncc2OC[C@H]2COCCO2)[nH]c2c1C(=O)NC1(CCC1)C2. The summed E-state index contributed by atoms with van der Waals surface area (Å²) < 4.78 is 23.0. The van der Waals surface area contributed by atoms with E-state index in [1.807, 2.05) is 18.2 Å². The van der Waals surface area contributed by atoms with Gasteiger partial charge in [-0.3, -0.25) is 9.78 Å². The minimum Gasteiger partial charge on any atom is -0.493 e. The van der Waals surface area contributed by atoms with E-state index in [-0.39, 0.29) is 17.6 Å². The third kappa shape index (κ3) is 4.52. The first-order chi connectivity index (χ1) is 18.1. The van der Waals surface area contributed by atoms with Crippen LogP contribution >= 0.6 is 11.6 Å². The number of carbonyl (C=O) groups excluding carboxylic acids is 1. The van der Waals surface area contributed by atoms with Gasteiger partial charge in [0, 0.05) is 29.4 Å². The number of halogens is 1. The molecule has 4 heterocycles. The first kappa shape index (κ1) is 24.1. The molecule has 2 fully saturated rings. The number of carbonyl (C=O) groups is 1. The van der Waals surface area contributed by atoms with Crippen LogP contribution in [-0.2, 0) is 15.9 Å². The Kier molecular flexibility index (Phi) is 6.44. The molecule has 9 nitrogen and oxygen atoms in total. The number of methoxy groups -OCH3 is 1. The zero-order chi connectivity index (χ0) is 25.4. The number of anilines is 2. The van der Waals surface area contributed by atoms with Crippen LogP contribution in [0.4, 0.5) is 11.4 Å². The average Bonchev–Trinajstić information content (AvgIpc) is 3.25. The number of H-pyrrole nitrogens is 1. The number of amides is 1. The predicted molar refractivity (Wildman–Crippen MR) is 139 cm³/mol. The van der Waals surface area contributed by atoms with E-state index in [9.17, 15) is 4.79 Å². The molecule has 6 rings (SSSR count). The number of para-hydroxylation sites is 1. The number of aromatic amines is 1. The highest BCUT2D eigenvalue weighted by Gasteiger charge is 2.45. The predicted octanol–water partition coefficient (Wildman–Crippen LogP) is 4.49. The van der Waals surface area contributed by atoms with Gasteiger partial charge in [0.25, 0.3) is 5.91 Å². The van der Waals surface area contributed by atoms with Crippen molar-refractivity contribution in [1.82, 2.24) is 15.3 Å². The van der Waals surface area contributed by atoms with Gasteiger partial charge >= 0.3 is 0 Å². The van der Waals surface area contributed by atoms with E-state index in [0.29, 0.717) is 59.9 Å². The summed E-state index contributed by atoms with van der Waals surface area (Å²) in [4.78, 5) is 21.3. The maximum atomic E-state index is 13.5. The highest BCUT2D eigenvalue weighted by molar-refractivity contribution is 6.32. The number of fused-ring (bicyclic) bond motifs is 1. The molecule has 1 atom stereocenters. The Hall–Kier alpha value is -3.27. The average molecular weight is 525 g/mol. The second-order valence-electron chi connectivity index (χ2n) is 9.69. The van der Waals surface area contributed by atoms with Crippen molar-refractivity contribution in [2.45, 2.75) is 37.3 Å². The number of benzene rings is 1. The molecule has 0 radical (unpaired) electrons. The molecule has 1 aromatic carbocycles. The Morgan fingerprint density at radius 1 is 1.27 bits per heavy atom. The molecule has 1 aliphatic carbocycles. The summed E-state index contributed by atoms with van der Waals surface area (Å²) in [6, 6.07) is 7.34. The molecule has 37 heavy (non-hydrogen) atoms. The van der Waals surface area contributed by atoms with E-state index >= 15 is 0 Å². The second kappa shape index (κ2) is 9.89. The lowest BCUT2D eigenvalue weighted by Gasteiger charge is -2.45. The highest BCUT2D eigenvalue weighted by atomic mass is 35.5. The molecule has 0 bridgehead atoms. The number of nitrogens with zero attached hydrogens (tertiary/aromatic N) is 1. The molecule has 3 aliphatic rings. The lowest BCUT2D eigenvalue weighted by atomic mass is 9.71. The van der Waals surface area contributed by atoms with Crippen LogP contribution in [0, 0.1) is 0 Å². The molecule has 1 spiro atoms. The lowest BCUT2D eigenvalue weighted by molar-refractivity contribution is -0.101. The molecule has 1 saturated carbocycles. The van der Waals surface area contributed by atoms with Crippen molar-refractivity contribution in [2.75, 3.05) is 38.9 Å². The molecule has 3 N–H and O–H groups in total. The third-order valence-corrected chi connectivity index (χ3v) is 7.60. The Morgan fingerprint density at radius 3 is 2.92 bits per heavy atom. The molecular weight excluding hydrogens is 496 g/mol. The number of hydrogen-bond donors (Lipinski definition) is 3. The minimum atomic E-state index is -0.173. The number of hydrogen-bond acceptors (Lipinski definition) is 7. The monoisotopic (exact) mass is 524 g/mol. The quantitative estimate of drug-likeness (QED) is 0.418. The van der Waals surface area contributed by atoms with Crippen molar-refractivity contribution < 1.29 is 23.7 Å². The summed E-state index contributed by atoms with van der Waals surface area (Å²) >= 11 is 6.40. The van der Waals surface area contributed by atoms with Gasteiger partial charge in [0.1, 0.15) is 18.5 Å². The van der Waals surface area contributed by atoms with Crippen LogP contribution in [0.15, 0.2) is 36.7 Å². The van der Waals surface area contributed by atoms with Crippen molar-refractivity contribution in [1.29, 1.82) is 0 Å². The van der Waals surface area contributed by atoms with Crippen LogP contribution in [-0.4, -0.2) is 61.1 Å². The fourth-order valence-corrected chi connectivity index (χ4v) is 5.57. The maximum absolute atomic E-state index is 13.5. The van der Waals surface area contributed by atoms with E-state index in [0.717, 1.165) is 42.6 Å². The number of ether oxygens (including phenoxy) is 4. The minimum absolute atomic E-state index is 0.101. The van der Waals surface area contributed by atoms with E-state index in [1.54, 1.807) is 25.6 Å². The zero-order valence-corrected chi connectivity index (χ0v) is 21.3. The summed E-state index contributed by atoms with van der Waals surface area (Å²) in [7, 11) is 1.57. The van der Waals surface area contributed by atoms with Gasteiger partial charge in [0.2, 0.25) is 0 Å². The van der Waals surface area contributed by atoms with E-state index in [4.69, 9.17) is 30.5 Å². The molecule has 3 aromatic rings. The normalized spacial score (nSPS) is 20.1. The molecule has 10 heteroatoms. The molecule has 2 aromatic heterocycles. The van der Waals surface area contributed by atoms with Gasteiger partial charge in [-0.1, -0.05) is 17.7 Å². The summed E-state index contributed by atoms with van der Waals surface area (Å²) in [6.07, 6.45) is 7.04. The van der Waals surface area contributed by atoms with Crippen LogP contribution in [0.2, 0.25) is 5.02 Å². The number of pyridine rings is 1. The van der Waals surface area contributed by atoms with Crippen molar-refractivity contribution in [2.24, 2.45) is 0 Å². The Bertz CT molecular complexity index is 1320. The van der Waals surface area contributed by atoms with E-state index in [1.165, 1.54) is 0 Å². The first-order valence-corrected chi connectivity index (χ1v) is 12.9. The Labute approximate surface area is 219 Å². The van der Waals surface area contributed by atoms with Crippen molar-refractivity contribution in [3.05, 3.63) is 52.9 Å². The standard InChI is InChI=1S/C27H29ClN4O5/c1-34-25-18(28)4-2-5-19(25)30-24-22-20(12-27(7-3-8-27)32-26(22)33)31-23(24)17-6-9-29-13-21(17)37-15-16-14-35-10-11-36-16/h2,4-6,9,13,16,30-31H,3,7-8,10-12,14-15H2,1H3,(H,32,33)/t16-/m1/s1. The largest absolute Gasteiger partial charge is 0.493 e. The summed E-state index contributed by atoms with van der Waals surface area (Å²) in [5.41, 5.74) is 4.11. The van der Waals surface area contributed by atoms with E-state index in [2.05, 4.69) is 20.6 Å². The van der Waals surface area contributed by atoms with Crippen molar-refractivity contribution in [3.8, 4) is 22.8 Å². The first-order valence-electron chi connectivity index (χ1n) is 12.5. The number of nitrogens with one attached hydrogen (secondary N) is 3. The maximum Gasteiger partial charge on any atom is 0.255 e. The fourth-order valence-electron chi connectivity index (χ4n) is 5.32. The van der Waals surface area contributed by atoms with Crippen LogP contribution in [0.3, 0.4) is 0 Å². The van der Waals surface area contributed by atoms with Gasteiger partial charge in [-0.25, -0.2) is 0 Å². The zero-order valence-electron chi connectivity index (χ0n) is 20.6. The van der Waals surface area contributed by atoms with Gasteiger partial charge in [-0.2, -0.15) is 0 Å². The third-order valence-electron chi connectivity index (χ3n) is 7.30. The van der Waals surface area contributed by atoms with Gasteiger partial charge in [0.15, 0.2) is 5.75 Å². The van der Waals surface area contributed by atoms with Crippen LogP contribution in [0.25, 0.3) is 11.3 Å². The highest BCUT2D eigenvalue weighted by Crippen LogP contribution is 2.46. The summed E-state index contributed by atoms with van der Waals surface area (Å²) in [6.45, 7) is 1.95. The van der Waals surface area contributed by atoms with Gasteiger partial charge in [0.05, 0.1) is 60.8 Å². The van der Waals surface area contributed by atoms with Crippen molar-refractivity contribution in [3.63, 3.8) is 0 Å². The number of aromatic nitrogens is 2. The molecule has 2 aliphatic heterocycles. The summed E-state index contributed by atoms with van der Waals surface area (Å²) in [5, 5.41) is 7.18. The Morgan fingerprint density at radius 2 is 2.16 bits per heavy atom. The van der Waals surface area contributed by atoms with E-state index < -0.39 is 0 Å². The van der Waals surface area contributed by atoms with Crippen LogP contribution < -0.4 is 20.1 Å². The lowest BCUT2D eigenvalue weighted by Crippen LogP contribution is -2.57.